The molecule has 102 valence electrons. The number of nitrogens with two attached hydrogens (primary N) is 1. The molecule has 0 spiro atoms. The number of nitrogens with one attached hydrogen (secondary N) is 1. The van der Waals surface area contributed by atoms with Crippen molar-refractivity contribution < 1.29 is 12.8 Å². The van der Waals surface area contributed by atoms with Crippen molar-refractivity contribution >= 4 is 43.0 Å². The molecule has 19 heavy (non-hydrogen) atoms. The molecule has 0 unspecified atom stereocenters. The summed E-state index contributed by atoms with van der Waals surface area (Å²) < 4.78 is 40.7. The molecule has 0 amide bonds. The molecule has 3 N–H and O–H groups in total. The summed E-state index contributed by atoms with van der Waals surface area (Å²) in [5, 5.41) is 1.83. The monoisotopic (exact) mass is 364 g/mol. The van der Waals surface area contributed by atoms with E-state index in [1.165, 1.54) is 17.4 Å². The maximum atomic E-state index is 13.6. The van der Waals surface area contributed by atoms with Crippen LogP contribution >= 0.6 is 27.3 Å². The number of thiophene rings is 1. The van der Waals surface area contributed by atoms with E-state index >= 15 is 0 Å². The summed E-state index contributed by atoms with van der Waals surface area (Å²) in [7, 11) is -3.90. The average molecular weight is 365 g/mol. The first-order chi connectivity index (χ1) is 8.90. The third-order valence-corrected chi connectivity index (χ3v) is 5.72. The van der Waals surface area contributed by atoms with E-state index in [9.17, 15) is 12.8 Å². The first-order valence-corrected chi connectivity index (χ1v) is 8.32. The SMILES string of the molecule is Nc1ccc(S(=O)(=O)NCc2sccc2Br)c(F)c1. The molecule has 0 radical (unpaired) electrons. The second kappa shape index (κ2) is 5.58. The molecule has 0 atom stereocenters. The minimum absolute atomic E-state index is 0.102. The molecule has 2 rings (SSSR count). The maximum absolute atomic E-state index is 13.6. The summed E-state index contributed by atoms with van der Waals surface area (Å²) in [6.07, 6.45) is 0. The van der Waals surface area contributed by atoms with Crippen LogP contribution in [0.2, 0.25) is 0 Å². The number of hydrogen-bond donors (Lipinski definition) is 2. The van der Waals surface area contributed by atoms with E-state index in [-0.39, 0.29) is 12.2 Å². The minimum atomic E-state index is -3.90. The lowest BCUT2D eigenvalue weighted by Gasteiger charge is -2.07. The summed E-state index contributed by atoms with van der Waals surface area (Å²) in [6, 6.07) is 5.29. The smallest absolute Gasteiger partial charge is 0.243 e. The van der Waals surface area contributed by atoms with Crippen molar-refractivity contribution in [1.82, 2.24) is 4.72 Å². The van der Waals surface area contributed by atoms with Crippen LogP contribution in [0.3, 0.4) is 0 Å². The van der Waals surface area contributed by atoms with Gasteiger partial charge >= 0.3 is 0 Å². The summed E-state index contributed by atoms with van der Waals surface area (Å²) in [5.41, 5.74) is 5.56. The lowest BCUT2D eigenvalue weighted by molar-refractivity contribution is 0.557. The highest BCUT2D eigenvalue weighted by atomic mass is 79.9. The van der Waals surface area contributed by atoms with E-state index in [4.69, 9.17) is 5.73 Å². The lowest BCUT2D eigenvalue weighted by atomic mass is 10.3. The fourth-order valence-corrected chi connectivity index (χ4v) is 4.00. The van der Waals surface area contributed by atoms with E-state index in [1.807, 2.05) is 11.4 Å². The van der Waals surface area contributed by atoms with Gasteiger partial charge in [0.1, 0.15) is 10.7 Å². The summed E-state index contributed by atoms with van der Waals surface area (Å²) in [6.45, 7) is 0.102. The lowest BCUT2D eigenvalue weighted by Crippen LogP contribution is -2.24. The van der Waals surface area contributed by atoms with Crippen LogP contribution in [0.4, 0.5) is 10.1 Å². The van der Waals surface area contributed by atoms with Crippen molar-refractivity contribution in [1.29, 1.82) is 0 Å². The zero-order chi connectivity index (χ0) is 14.0. The van der Waals surface area contributed by atoms with Gasteiger partial charge in [-0.05, 0) is 45.6 Å². The van der Waals surface area contributed by atoms with Gasteiger partial charge in [0.05, 0.1) is 0 Å². The number of sulfonamides is 1. The fourth-order valence-electron chi connectivity index (χ4n) is 1.42. The molecule has 0 aliphatic carbocycles. The molecule has 0 fully saturated rings. The molecule has 1 aromatic carbocycles. The number of nitrogen functional groups attached to an aromatic ring is 1. The second-order valence-electron chi connectivity index (χ2n) is 3.71. The molecule has 0 saturated heterocycles. The van der Waals surface area contributed by atoms with E-state index in [2.05, 4.69) is 20.7 Å². The van der Waals surface area contributed by atoms with Crippen LogP contribution < -0.4 is 10.5 Å². The summed E-state index contributed by atoms with van der Waals surface area (Å²) >= 11 is 4.70. The minimum Gasteiger partial charge on any atom is -0.399 e. The third-order valence-electron chi connectivity index (χ3n) is 2.36. The van der Waals surface area contributed by atoms with Crippen molar-refractivity contribution in [2.45, 2.75) is 11.4 Å². The molecule has 0 bridgehead atoms. The van der Waals surface area contributed by atoms with Gasteiger partial charge in [0.2, 0.25) is 10.0 Å². The number of benzene rings is 1. The maximum Gasteiger partial charge on any atom is 0.243 e. The van der Waals surface area contributed by atoms with Crippen LogP contribution in [-0.2, 0) is 16.6 Å². The van der Waals surface area contributed by atoms with Gasteiger partial charge in [0.25, 0.3) is 0 Å². The van der Waals surface area contributed by atoms with Gasteiger partial charge in [-0.15, -0.1) is 11.3 Å². The number of anilines is 1. The topological polar surface area (TPSA) is 72.2 Å². The highest BCUT2D eigenvalue weighted by molar-refractivity contribution is 9.10. The molecular weight excluding hydrogens is 355 g/mol. The quantitative estimate of drug-likeness (QED) is 0.819. The van der Waals surface area contributed by atoms with Gasteiger partial charge in [0.15, 0.2) is 0 Å². The Labute approximate surface area is 122 Å². The Bertz CT molecular complexity index is 700. The van der Waals surface area contributed by atoms with Crippen LogP contribution in [0.1, 0.15) is 4.88 Å². The predicted molar refractivity (Wildman–Crippen MR) is 76.9 cm³/mol. The van der Waals surface area contributed by atoms with Crippen LogP contribution in [0, 0.1) is 5.82 Å². The summed E-state index contributed by atoms with van der Waals surface area (Å²) in [5.74, 6) is -0.863. The van der Waals surface area contributed by atoms with Crippen molar-refractivity contribution in [3.05, 3.63) is 44.8 Å². The third kappa shape index (κ3) is 3.33. The molecule has 2 aromatic rings. The largest absolute Gasteiger partial charge is 0.399 e. The van der Waals surface area contributed by atoms with Crippen molar-refractivity contribution in [2.75, 3.05) is 5.73 Å². The van der Waals surface area contributed by atoms with Gasteiger partial charge in [0, 0.05) is 21.6 Å². The van der Waals surface area contributed by atoms with Gasteiger partial charge in [-0.2, -0.15) is 0 Å². The zero-order valence-corrected chi connectivity index (χ0v) is 12.8. The van der Waals surface area contributed by atoms with E-state index in [0.717, 1.165) is 21.5 Å². The fraction of sp³-hybridized carbons (Fsp3) is 0.0909. The average Bonchev–Trinajstić information content (AvgIpc) is 2.72. The standard InChI is InChI=1S/C11H10BrFN2O2S2/c12-8-3-4-18-10(8)6-15-19(16,17)11-2-1-7(14)5-9(11)13/h1-5,15H,6,14H2. The molecule has 8 heteroatoms. The molecule has 0 aliphatic heterocycles. The van der Waals surface area contributed by atoms with Gasteiger partial charge < -0.3 is 5.73 Å². The Morgan fingerprint density at radius 3 is 2.68 bits per heavy atom. The molecule has 4 nitrogen and oxygen atoms in total. The van der Waals surface area contributed by atoms with Crippen molar-refractivity contribution in [2.24, 2.45) is 0 Å². The zero-order valence-electron chi connectivity index (χ0n) is 9.56. The van der Waals surface area contributed by atoms with E-state index in [1.54, 1.807) is 0 Å². The second-order valence-corrected chi connectivity index (χ2v) is 7.30. The first-order valence-electron chi connectivity index (χ1n) is 5.17. The summed E-state index contributed by atoms with van der Waals surface area (Å²) in [4.78, 5) is 0.411. The highest BCUT2D eigenvalue weighted by Gasteiger charge is 2.19. The Hall–Kier alpha value is -0.960. The number of halogens is 2. The normalized spacial score (nSPS) is 11.7. The molecule has 1 heterocycles. The number of hydrogen-bond acceptors (Lipinski definition) is 4. The Morgan fingerprint density at radius 2 is 2.11 bits per heavy atom. The van der Waals surface area contributed by atoms with Gasteiger partial charge in [-0.1, -0.05) is 0 Å². The molecule has 0 saturated carbocycles. The van der Waals surface area contributed by atoms with Crippen LogP contribution in [-0.4, -0.2) is 8.42 Å². The van der Waals surface area contributed by atoms with Gasteiger partial charge in [-0.25, -0.2) is 17.5 Å². The Morgan fingerprint density at radius 1 is 1.37 bits per heavy atom. The van der Waals surface area contributed by atoms with Crippen LogP contribution in [0.25, 0.3) is 0 Å². The van der Waals surface area contributed by atoms with Crippen LogP contribution in [0.5, 0.6) is 0 Å². The van der Waals surface area contributed by atoms with Crippen molar-refractivity contribution in [3.63, 3.8) is 0 Å². The predicted octanol–water partition coefficient (Wildman–Crippen LogP) is 2.71. The van der Waals surface area contributed by atoms with E-state index < -0.39 is 20.7 Å². The Balaban J connectivity index is 2.21. The van der Waals surface area contributed by atoms with Gasteiger partial charge in [-0.3, -0.25) is 0 Å². The molecular formula is C11H10BrFN2O2S2. The number of rotatable bonds is 4. The van der Waals surface area contributed by atoms with Crippen molar-refractivity contribution in [3.8, 4) is 0 Å². The highest BCUT2D eigenvalue weighted by Crippen LogP contribution is 2.23. The van der Waals surface area contributed by atoms with E-state index in [0.29, 0.717) is 0 Å². The van der Waals surface area contributed by atoms with Crippen LogP contribution in [0.15, 0.2) is 39.0 Å². The molecule has 0 aliphatic rings. The first kappa shape index (κ1) is 14.4. The molecule has 1 aromatic heterocycles. The Kier molecular flexibility index (Phi) is 4.24.